The number of amides is 1. The number of benzene rings is 1. The van der Waals surface area contributed by atoms with Crippen molar-refractivity contribution >= 4 is 5.91 Å². The molecule has 0 bridgehead atoms. The Labute approximate surface area is 102 Å². The average molecular weight is 233 g/mol. The van der Waals surface area contributed by atoms with Gasteiger partial charge in [-0.3, -0.25) is 4.79 Å². The van der Waals surface area contributed by atoms with E-state index in [2.05, 4.69) is 0 Å². The molecule has 17 heavy (non-hydrogen) atoms. The first kappa shape index (κ1) is 12.1. The van der Waals surface area contributed by atoms with Gasteiger partial charge in [0, 0.05) is 25.7 Å². The van der Waals surface area contributed by atoms with Crippen LogP contribution in [-0.4, -0.2) is 36.5 Å². The van der Waals surface area contributed by atoms with Crippen LogP contribution in [-0.2, 0) is 4.79 Å². The summed E-state index contributed by atoms with van der Waals surface area (Å²) in [6.07, 6.45) is 0.887. The van der Waals surface area contributed by atoms with Crippen molar-refractivity contribution in [3.8, 4) is 0 Å². The Balaban J connectivity index is 2.11. The fraction of sp³-hybridized carbons (Fsp3) is 0.462. The second-order valence-corrected chi connectivity index (χ2v) is 4.53. The second kappa shape index (κ2) is 5.29. The number of carbonyl (C=O) groups excluding carboxylic acids is 1. The molecule has 1 heterocycles. The number of hydrogen-bond donors (Lipinski definition) is 2. The SMILES string of the molecule is NCC(C(=O)N1CC[C@@H](N)C1)c1ccccc1. The van der Waals surface area contributed by atoms with Crippen LogP contribution < -0.4 is 11.5 Å². The molecule has 1 fully saturated rings. The molecule has 1 saturated heterocycles. The fourth-order valence-electron chi connectivity index (χ4n) is 2.27. The lowest BCUT2D eigenvalue weighted by molar-refractivity contribution is -0.131. The summed E-state index contributed by atoms with van der Waals surface area (Å²) in [6.45, 7) is 1.75. The van der Waals surface area contributed by atoms with Crippen LogP contribution in [0, 0.1) is 0 Å². The van der Waals surface area contributed by atoms with Gasteiger partial charge in [0.1, 0.15) is 0 Å². The Hall–Kier alpha value is -1.39. The molecule has 0 radical (unpaired) electrons. The highest BCUT2D eigenvalue weighted by Crippen LogP contribution is 2.19. The molecular formula is C13H19N3O. The maximum absolute atomic E-state index is 12.3. The largest absolute Gasteiger partial charge is 0.341 e. The molecule has 1 amide bonds. The van der Waals surface area contributed by atoms with Gasteiger partial charge in [-0.15, -0.1) is 0 Å². The summed E-state index contributed by atoms with van der Waals surface area (Å²) in [6, 6.07) is 9.82. The first-order valence-electron chi connectivity index (χ1n) is 6.01. The molecule has 4 heteroatoms. The summed E-state index contributed by atoms with van der Waals surface area (Å²) in [5.74, 6) is -0.131. The number of nitrogens with zero attached hydrogens (tertiary/aromatic N) is 1. The summed E-state index contributed by atoms with van der Waals surface area (Å²) in [5, 5.41) is 0. The van der Waals surface area contributed by atoms with E-state index in [0.29, 0.717) is 13.1 Å². The molecule has 1 aliphatic rings. The minimum atomic E-state index is -0.235. The molecule has 0 aliphatic carbocycles. The Morgan fingerprint density at radius 3 is 2.65 bits per heavy atom. The maximum Gasteiger partial charge on any atom is 0.231 e. The normalized spacial score (nSPS) is 21.5. The number of likely N-dealkylation sites (tertiary alicyclic amines) is 1. The minimum absolute atomic E-state index is 0.103. The molecule has 4 N–H and O–H groups in total. The summed E-state index contributed by atoms with van der Waals surface area (Å²) in [4.78, 5) is 14.1. The van der Waals surface area contributed by atoms with Gasteiger partial charge < -0.3 is 16.4 Å². The van der Waals surface area contributed by atoms with Crippen molar-refractivity contribution in [2.24, 2.45) is 11.5 Å². The van der Waals surface area contributed by atoms with Gasteiger partial charge in [0.15, 0.2) is 0 Å². The molecular weight excluding hydrogens is 214 g/mol. The zero-order valence-corrected chi connectivity index (χ0v) is 9.88. The van der Waals surface area contributed by atoms with Crippen molar-refractivity contribution in [2.45, 2.75) is 18.4 Å². The van der Waals surface area contributed by atoms with Crippen molar-refractivity contribution in [1.29, 1.82) is 0 Å². The molecule has 1 unspecified atom stereocenters. The maximum atomic E-state index is 12.3. The van der Waals surface area contributed by atoms with Crippen LogP contribution in [0.2, 0.25) is 0 Å². The monoisotopic (exact) mass is 233 g/mol. The first-order chi connectivity index (χ1) is 8.22. The highest BCUT2D eigenvalue weighted by atomic mass is 16.2. The van der Waals surface area contributed by atoms with Crippen molar-refractivity contribution in [1.82, 2.24) is 4.90 Å². The van der Waals surface area contributed by atoms with Gasteiger partial charge in [-0.2, -0.15) is 0 Å². The van der Waals surface area contributed by atoms with Gasteiger partial charge in [-0.1, -0.05) is 30.3 Å². The second-order valence-electron chi connectivity index (χ2n) is 4.53. The summed E-state index contributed by atoms with van der Waals surface area (Å²) in [7, 11) is 0. The lowest BCUT2D eigenvalue weighted by Gasteiger charge is -2.22. The van der Waals surface area contributed by atoms with Crippen molar-refractivity contribution in [3.63, 3.8) is 0 Å². The molecule has 0 saturated carbocycles. The van der Waals surface area contributed by atoms with Crippen molar-refractivity contribution in [2.75, 3.05) is 19.6 Å². The van der Waals surface area contributed by atoms with Gasteiger partial charge in [0.25, 0.3) is 0 Å². The average Bonchev–Trinajstić information content (AvgIpc) is 2.78. The van der Waals surface area contributed by atoms with Gasteiger partial charge in [0.2, 0.25) is 5.91 Å². The summed E-state index contributed by atoms with van der Waals surface area (Å²) >= 11 is 0. The minimum Gasteiger partial charge on any atom is -0.341 e. The number of nitrogens with two attached hydrogens (primary N) is 2. The Bertz CT molecular complexity index is 380. The highest BCUT2D eigenvalue weighted by molar-refractivity contribution is 5.84. The molecule has 2 rings (SSSR count). The lowest BCUT2D eigenvalue weighted by Crippen LogP contribution is -2.37. The van der Waals surface area contributed by atoms with Crippen LogP contribution in [0.4, 0.5) is 0 Å². The zero-order chi connectivity index (χ0) is 12.3. The van der Waals surface area contributed by atoms with Gasteiger partial charge in [0.05, 0.1) is 5.92 Å². The quantitative estimate of drug-likeness (QED) is 0.788. The van der Waals surface area contributed by atoms with Gasteiger partial charge in [-0.05, 0) is 12.0 Å². The molecule has 0 spiro atoms. The molecule has 2 atom stereocenters. The molecule has 0 aromatic heterocycles. The van der Waals surface area contributed by atoms with E-state index in [-0.39, 0.29) is 17.9 Å². The predicted molar refractivity (Wildman–Crippen MR) is 67.4 cm³/mol. The van der Waals surface area contributed by atoms with Crippen LogP contribution in [0.25, 0.3) is 0 Å². The number of carbonyl (C=O) groups is 1. The van der Waals surface area contributed by atoms with Crippen LogP contribution in [0.5, 0.6) is 0 Å². The van der Waals surface area contributed by atoms with E-state index in [1.54, 1.807) is 0 Å². The van der Waals surface area contributed by atoms with Gasteiger partial charge in [-0.25, -0.2) is 0 Å². The number of hydrogen-bond acceptors (Lipinski definition) is 3. The highest BCUT2D eigenvalue weighted by Gasteiger charge is 2.29. The smallest absolute Gasteiger partial charge is 0.231 e. The summed E-state index contributed by atoms with van der Waals surface area (Å²) < 4.78 is 0. The third-order valence-electron chi connectivity index (χ3n) is 3.27. The van der Waals surface area contributed by atoms with Gasteiger partial charge >= 0.3 is 0 Å². The number of rotatable bonds is 3. The third kappa shape index (κ3) is 2.65. The van der Waals surface area contributed by atoms with E-state index >= 15 is 0 Å². The molecule has 1 aliphatic heterocycles. The van der Waals surface area contributed by atoms with Crippen LogP contribution in [0.15, 0.2) is 30.3 Å². The van der Waals surface area contributed by atoms with E-state index in [1.807, 2.05) is 35.2 Å². The molecule has 1 aromatic carbocycles. The predicted octanol–water partition coefficient (Wildman–Crippen LogP) is 0.289. The first-order valence-corrected chi connectivity index (χ1v) is 6.01. The van der Waals surface area contributed by atoms with E-state index in [4.69, 9.17) is 11.5 Å². The van der Waals surface area contributed by atoms with Crippen molar-refractivity contribution < 1.29 is 4.79 Å². The standard InChI is InChI=1S/C13H19N3O/c14-8-12(10-4-2-1-3-5-10)13(17)16-7-6-11(15)9-16/h1-5,11-12H,6-9,14-15H2/t11-,12?/m1/s1. The summed E-state index contributed by atoms with van der Waals surface area (Å²) in [5.41, 5.74) is 12.5. The Morgan fingerprint density at radius 2 is 2.12 bits per heavy atom. The Morgan fingerprint density at radius 1 is 1.41 bits per heavy atom. The van der Waals surface area contributed by atoms with E-state index < -0.39 is 0 Å². The molecule has 92 valence electrons. The third-order valence-corrected chi connectivity index (χ3v) is 3.27. The lowest BCUT2D eigenvalue weighted by atomic mass is 9.98. The van der Waals surface area contributed by atoms with Crippen LogP contribution in [0.3, 0.4) is 0 Å². The molecule has 4 nitrogen and oxygen atoms in total. The Kier molecular flexibility index (Phi) is 3.76. The zero-order valence-electron chi connectivity index (χ0n) is 9.88. The van der Waals surface area contributed by atoms with E-state index in [1.165, 1.54) is 0 Å². The van der Waals surface area contributed by atoms with E-state index in [0.717, 1.165) is 18.5 Å². The topological polar surface area (TPSA) is 72.4 Å². The van der Waals surface area contributed by atoms with Crippen LogP contribution in [0.1, 0.15) is 17.9 Å². The fourth-order valence-corrected chi connectivity index (χ4v) is 2.27. The van der Waals surface area contributed by atoms with Crippen LogP contribution >= 0.6 is 0 Å². The van der Waals surface area contributed by atoms with Crippen molar-refractivity contribution in [3.05, 3.63) is 35.9 Å². The molecule has 1 aromatic rings. The van der Waals surface area contributed by atoms with E-state index in [9.17, 15) is 4.79 Å².